The zero-order chi connectivity index (χ0) is 16.3. The van der Waals surface area contributed by atoms with Crippen molar-refractivity contribution in [1.29, 1.82) is 0 Å². The van der Waals surface area contributed by atoms with Crippen LogP contribution < -0.4 is 9.47 Å². The molecule has 0 aromatic heterocycles. The third kappa shape index (κ3) is 3.51. The molecular formula is C14H13F3O5. The van der Waals surface area contributed by atoms with E-state index in [0.29, 0.717) is 12.4 Å². The summed E-state index contributed by atoms with van der Waals surface area (Å²) in [7, 11) is 1.49. The fraction of sp³-hybridized carbons (Fsp3) is 0.357. The van der Waals surface area contributed by atoms with Crippen LogP contribution in [0.5, 0.6) is 11.5 Å². The van der Waals surface area contributed by atoms with Gasteiger partial charge in [-0.05, 0) is 18.2 Å². The van der Waals surface area contributed by atoms with Crippen molar-refractivity contribution in [2.45, 2.75) is 12.3 Å². The first-order valence-electron chi connectivity index (χ1n) is 6.27. The Bertz CT molecular complexity index is 595. The largest absolute Gasteiger partial charge is 0.491 e. The van der Waals surface area contributed by atoms with Crippen molar-refractivity contribution in [1.82, 2.24) is 0 Å². The average Bonchev–Trinajstić information content (AvgIpc) is 2.45. The number of alkyl halides is 3. The molecule has 1 aliphatic heterocycles. The van der Waals surface area contributed by atoms with Crippen molar-refractivity contribution in [2.24, 2.45) is 0 Å². The molecular weight excluding hydrogens is 305 g/mol. The predicted octanol–water partition coefficient (Wildman–Crippen LogP) is 2.50. The Morgan fingerprint density at radius 2 is 2.09 bits per heavy atom. The molecule has 0 aliphatic carbocycles. The number of carboxylic acid groups (broad SMARTS) is 1. The van der Waals surface area contributed by atoms with Crippen molar-refractivity contribution < 1.29 is 37.3 Å². The van der Waals surface area contributed by atoms with Crippen LogP contribution in [0.15, 0.2) is 23.8 Å². The van der Waals surface area contributed by atoms with Crippen LogP contribution in [-0.2, 0) is 9.53 Å². The maximum Gasteiger partial charge on any atom is 0.430 e. The number of halogens is 3. The molecule has 1 aromatic carbocycles. The molecule has 0 bridgehead atoms. The second kappa shape index (κ2) is 6.27. The van der Waals surface area contributed by atoms with Gasteiger partial charge in [-0.2, -0.15) is 13.2 Å². The van der Waals surface area contributed by atoms with Crippen LogP contribution in [0.2, 0.25) is 0 Å². The summed E-state index contributed by atoms with van der Waals surface area (Å²) >= 11 is 0. The van der Waals surface area contributed by atoms with Gasteiger partial charge in [0.25, 0.3) is 0 Å². The monoisotopic (exact) mass is 318 g/mol. The van der Waals surface area contributed by atoms with Gasteiger partial charge in [-0.1, -0.05) is 0 Å². The average molecular weight is 318 g/mol. The van der Waals surface area contributed by atoms with Gasteiger partial charge >= 0.3 is 12.1 Å². The normalized spacial score (nSPS) is 17.3. The third-order valence-electron chi connectivity index (χ3n) is 2.92. The lowest BCUT2D eigenvalue weighted by Crippen LogP contribution is -2.40. The Kier molecular flexibility index (Phi) is 4.60. The maximum atomic E-state index is 12.9. The number of methoxy groups -OCH3 is 1. The summed E-state index contributed by atoms with van der Waals surface area (Å²) in [4.78, 5) is 11.0. The zero-order valence-corrected chi connectivity index (χ0v) is 11.5. The summed E-state index contributed by atoms with van der Waals surface area (Å²) in [6.45, 7) is 0.556. The summed E-state index contributed by atoms with van der Waals surface area (Å²) in [5, 5.41) is 8.91. The molecule has 0 spiro atoms. The molecule has 1 aliphatic rings. The van der Waals surface area contributed by atoms with E-state index in [1.807, 2.05) is 0 Å². The highest BCUT2D eigenvalue weighted by atomic mass is 19.4. The number of hydrogen-bond acceptors (Lipinski definition) is 4. The molecule has 120 valence electrons. The van der Waals surface area contributed by atoms with Crippen molar-refractivity contribution in [3.63, 3.8) is 0 Å². The summed E-state index contributed by atoms with van der Waals surface area (Å²) < 4.78 is 53.7. The highest BCUT2D eigenvalue weighted by Gasteiger charge is 2.48. The summed E-state index contributed by atoms with van der Waals surface area (Å²) in [5.74, 6) is -1.44. The number of ether oxygens (including phenoxy) is 3. The Hall–Kier alpha value is -2.22. The number of hydrogen-bond donors (Lipinski definition) is 1. The number of benzene rings is 1. The highest BCUT2D eigenvalue weighted by Crippen LogP contribution is 2.38. The molecule has 0 radical (unpaired) electrons. The molecule has 0 fully saturated rings. The van der Waals surface area contributed by atoms with E-state index in [1.165, 1.54) is 25.3 Å². The standard InChI is InChI=1S/C14H13F3O5/c1-20-4-5-21-9-3-2-8-6-10(13(18)19)12(14(15,16)17)22-11(8)7-9/h2-3,6-7,12H,4-5H2,1H3,(H,18,19). The minimum Gasteiger partial charge on any atom is -0.491 e. The first kappa shape index (κ1) is 16.2. The fourth-order valence-electron chi connectivity index (χ4n) is 1.92. The molecule has 1 heterocycles. The smallest absolute Gasteiger partial charge is 0.430 e. The van der Waals surface area contributed by atoms with Gasteiger partial charge in [-0.3, -0.25) is 0 Å². The van der Waals surface area contributed by atoms with Gasteiger partial charge in [0, 0.05) is 18.7 Å². The first-order valence-corrected chi connectivity index (χ1v) is 6.27. The van der Waals surface area contributed by atoms with Crippen LogP contribution >= 0.6 is 0 Å². The van der Waals surface area contributed by atoms with Crippen molar-refractivity contribution in [3.05, 3.63) is 29.3 Å². The van der Waals surface area contributed by atoms with Gasteiger partial charge in [0.1, 0.15) is 18.1 Å². The van der Waals surface area contributed by atoms with E-state index < -0.39 is 23.8 Å². The van der Waals surface area contributed by atoms with E-state index in [-0.39, 0.29) is 17.9 Å². The molecule has 1 atom stereocenters. The van der Waals surface area contributed by atoms with Gasteiger partial charge in [-0.15, -0.1) is 0 Å². The fourth-order valence-corrected chi connectivity index (χ4v) is 1.92. The molecule has 22 heavy (non-hydrogen) atoms. The van der Waals surface area contributed by atoms with Crippen molar-refractivity contribution >= 4 is 12.0 Å². The van der Waals surface area contributed by atoms with Crippen LogP contribution in [0.3, 0.4) is 0 Å². The Balaban J connectivity index is 2.30. The van der Waals surface area contributed by atoms with Crippen LogP contribution in [0.25, 0.3) is 6.08 Å². The zero-order valence-electron chi connectivity index (χ0n) is 11.5. The SMILES string of the molecule is COCCOc1ccc2c(c1)OC(C(F)(F)F)C(C(=O)O)=C2. The molecule has 1 unspecified atom stereocenters. The molecule has 1 aromatic rings. The Morgan fingerprint density at radius 3 is 2.68 bits per heavy atom. The topological polar surface area (TPSA) is 65.0 Å². The van der Waals surface area contributed by atoms with Crippen molar-refractivity contribution in [2.75, 3.05) is 20.3 Å². The van der Waals surface area contributed by atoms with Gasteiger partial charge in [0.05, 0.1) is 12.2 Å². The minimum absolute atomic E-state index is 0.0813. The van der Waals surface area contributed by atoms with E-state index >= 15 is 0 Å². The van der Waals surface area contributed by atoms with E-state index in [9.17, 15) is 18.0 Å². The summed E-state index contributed by atoms with van der Waals surface area (Å²) in [6.07, 6.45) is -6.38. The minimum atomic E-state index is -4.82. The first-order chi connectivity index (χ1) is 10.3. The Labute approximate surface area is 123 Å². The lowest BCUT2D eigenvalue weighted by Gasteiger charge is -2.27. The lowest BCUT2D eigenvalue weighted by molar-refractivity contribution is -0.187. The van der Waals surface area contributed by atoms with Crippen LogP contribution in [0.1, 0.15) is 5.56 Å². The second-order valence-corrected chi connectivity index (χ2v) is 4.49. The van der Waals surface area contributed by atoms with Gasteiger partial charge in [0.15, 0.2) is 0 Å². The number of fused-ring (bicyclic) bond motifs is 1. The van der Waals surface area contributed by atoms with E-state index in [1.54, 1.807) is 0 Å². The number of rotatable bonds is 5. The number of carbonyl (C=O) groups is 1. The van der Waals surface area contributed by atoms with Crippen LogP contribution in [0, 0.1) is 0 Å². The highest BCUT2D eigenvalue weighted by molar-refractivity contribution is 5.95. The summed E-state index contributed by atoms with van der Waals surface area (Å²) in [5.41, 5.74) is -0.606. The molecule has 2 rings (SSSR count). The van der Waals surface area contributed by atoms with Crippen molar-refractivity contribution in [3.8, 4) is 11.5 Å². The van der Waals surface area contributed by atoms with Crippen LogP contribution in [0.4, 0.5) is 13.2 Å². The lowest BCUT2D eigenvalue weighted by atomic mass is 10.0. The van der Waals surface area contributed by atoms with E-state index in [4.69, 9.17) is 19.3 Å². The molecule has 5 nitrogen and oxygen atoms in total. The van der Waals surface area contributed by atoms with Gasteiger partial charge < -0.3 is 19.3 Å². The van der Waals surface area contributed by atoms with E-state index in [2.05, 4.69) is 0 Å². The molecule has 8 heteroatoms. The quantitative estimate of drug-likeness (QED) is 0.845. The molecule has 0 amide bonds. The molecule has 1 N–H and O–H groups in total. The molecule has 0 saturated carbocycles. The second-order valence-electron chi connectivity index (χ2n) is 4.49. The van der Waals surface area contributed by atoms with Gasteiger partial charge in [0.2, 0.25) is 6.10 Å². The van der Waals surface area contributed by atoms with Crippen LogP contribution in [-0.4, -0.2) is 43.7 Å². The maximum absolute atomic E-state index is 12.9. The number of aliphatic carboxylic acids is 1. The summed E-state index contributed by atoms with van der Waals surface area (Å²) in [6, 6.07) is 4.24. The third-order valence-corrected chi connectivity index (χ3v) is 2.92. The predicted molar refractivity (Wildman–Crippen MR) is 69.9 cm³/mol. The molecule has 0 saturated heterocycles. The number of carboxylic acids is 1. The van der Waals surface area contributed by atoms with Gasteiger partial charge in [-0.25, -0.2) is 4.79 Å². The van der Waals surface area contributed by atoms with E-state index in [0.717, 1.165) is 6.08 Å². The Morgan fingerprint density at radius 1 is 1.36 bits per heavy atom.